The van der Waals surface area contributed by atoms with Gasteiger partial charge in [-0.05, 0) is 25.3 Å². The lowest BCUT2D eigenvalue weighted by Gasteiger charge is -2.41. The summed E-state index contributed by atoms with van der Waals surface area (Å²) < 4.78 is 46.1. The first-order valence-electron chi connectivity index (χ1n) is 9.67. The fourth-order valence-electron chi connectivity index (χ4n) is 3.87. The Kier molecular flexibility index (Phi) is 6.43. The molecule has 1 amide bonds. The van der Waals surface area contributed by atoms with Crippen molar-refractivity contribution in [2.75, 3.05) is 20.2 Å². The Labute approximate surface area is 181 Å². The van der Waals surface area contributed by atoms with E-state index in [1.807, 2.05) is 6.07 Å². The molecule has 1 atom stereocenters. The van der Waals surface area contributed by atoms with Gasteiger partial charge >= 0.3 is 12.1 Å². The third-order valence-electron chi connectivity index (χ3n) is 5.72. The van der Waals surface area contributed by atoms with Gasteiger partial charge in [-0.15, -0.1) is 11.3 Å². The molecule has 1 N–H and O–H groups in total. The number of piperidine rings is 1. The number of thiazole rings is 1. The van der Waals surface area contributed by atoms with Crippen molar-refractivity contribution in [2.24, 2.45) is 0 Å². The topological polar surface area (TPSA) is 79.7 Å². The number of carbonyl (C=O) groups excluding carboxylic acids is 2. The molecule has 6 nitrogen and oxygen atoms in total. The first kappa shape index (κ1) is 23.2. The van der Waals surface area contributed by atoms with Crippen LogP contribution < -0.4 is 0 Å². The van der Waals surface area contributed by atoms with Crippen molar-refractivity contribution in [3.8, 4) is 0 Å². The van der Waals surface area contributed by atoms with Gasteiger partial charge in [-0.25, -0.2) is 4.98 Å². The van der Waals surface area contributed by atoms with Gasteiger partial charge in [0.15, 0.2) is 0 Å². The normalized spacial score (nSPS) is 18.3. The molecule has 1 fully saturated rings. The molecule has 1 aromatic carbocycles. The zero-order valence-electron chi connectivity index (χ0n) is 17.1. The molecule has 0 aliphatic carbocycles. The Morgan fingerprint density at radius 3 is 2.32 bits per heavy atom. The molecule has 1 unspecified atom stereocenters. The molecule has 1 aliphatic rings. The van der Waals surface area contributed by atoms with Gasteiger partial charge in [-0.3, -0.25) is 9.59 Å². The Morgan fingerprint density at radius 2 is 1.84 bits per heavy atom. The molecule has 2 aromatic rings. The second-order valence-electron chi connectivity index (χ2n) is 7.65. The summed E-state index contributed by atoms with van der Waals surface area (Å²) in [4.78, 5) is 30.4. The van der Waals surface area contributed by atoms with Crippen LogP contribution in [0.3, 0.4) is 0 Å². The van der Waals surface area contributed by atoms with Crippen LogP contribution >= 0.6 is 11.3 Å². The summed E-state index contributed by atoms with van der Waals surface area (Å²) in [5, 5.41) is 11.3. The number of methoxy groups -OCH3 is 1. The summed E-state index contributed by atoms with van der Waals surface area (Å²) in [6.45, 7) is 1.64. The van der Waals surface area contributed by atoms with Gasteiger partial charge in [0.1, 0.15) is 5.01 Å². The Balaban J connectivity index is 1.79. The van der Waals surface area contributed by atoms with E-state index >= 15 is 0 Å². The van der Waals surface area contributed by atoms with Crippen LogP contribution in [0.1, 0.15) is 35.5 Å². The number of hydrogen-bond acceptors (Lipinski definition) is 6. The number of carbonyl (C=O) groups is 2. The number of hydrogen-bond donors (Lipinski definition) is 1. The summed E-state index contributed by atoms with van der Waals surface area (Å²) in [5.74, 6) is -1.30. The summed E-state index contributed by atoms with van der Waals surface area (Å²) in [6.07, 6.45) is -5.82. The smallest absolute Gasteiger partial charge is 0.424 e. The van der Waals surface area contributed by atoms with Crippen molar-refractivity contribution in [3.63, 3.8) is 0 Å². The van der Waals surface area contributed by atoms with Crippen molar-refractivity contribution in [1.29, 1.82) is 0 Å². The zero-order chi connectivity index (χ0) is 22.9. The molecular weight excluding hydrogens is 433 g/mol. The Bertz CT molecular complexity index is 940. The fraction of sp³-hybridized carbons (Fsp3) is 0.476. The second-order valence-corrected chi connectivity index (χ2v) is 8.51. The summed E-state index contributed by atoms with van der Waals surface area (Å²) >= 11 is 0.663. The van der Waals surface area contributed by atoms with Gasteiger partial charge < -0.3 is 14.7 Å². The maximum absolute atomic E-state index is 13.7. The number of likely N-dealkylation sites (tertiary alicyclic amines) is 1. The molecule has 0 spiro atoms. The highest BCUT2D eigenvalue weighted by Gasteiger charge is 2.58. The summed E-state index contributed by atoms with van der Waals surface area (Å²) in [6, 6.07) is 8.97. The first-order valence-corrected chi connectivity index (χ1v) is 10.5. The number of esters is 1. The Hall–Kier alpha value is -2.46. The van der Waals surface area contributed by atoms with E-state index in [2.05, 4.69) is 4.98 Å². The fourth-order valence-corrected chi connectivity index (χ4v) is 4.79. The Morgan fingerprint density at radius 1 is 1.23 bits per heavy atom. The average molecular weight is 456 g/mol. The van der Waals surface area contributed by atoms with Crippen LogP contribution in [-0.2, 0) is 25.3 Å². The number of amides is 1. The molecule has 1 aromatic heterocycles. The van der Waals surface area contributed by atoms with Crippen molar-refractivity contribution in [3.05, 3.63) is 52.0 Å². The molecule has 10 heteroatoms. The number of benzene rings is 1. The summed E-state index contributed by atoms with van der Waals surface area (Å²) in [7, 11) is 1.28. The number of halogens is 3. The maximum atomic E-state index is 13.7. The number of aryl methyl sites for hydroxylation is 1. The number of nitrogens with zero attached hydrogens (tertiary/aromatic N) is 2. The van der Waals surface area contributed by atoms with Crippen LogP contribution in [0.25, 0.3) is 0 Å². The van der Waals surface area contributed by atoms with Crippen LogP contribution in [0.5, 0.6) is 0 Å². The van der Waals surface area contributed by atoms with Crippen LogP contribution in [0.15, 0.2) is 35.7 Å². The lowest BCUT2D eigenvalue weighted by Crippen LogP contribution is -2.52. The molecule has 1 saturated heterocycles. The number of rotatable bonds is 5. The molecule has 2 heterocycles. The number of aromatic nitrogens is 1. The summed E-state index contributed by atoms with van der Waals surface area (Å²) in [5.41, 5.74) is -3.27. The third kappa shape index (κ3) is 4.31. The lowest BCUT2D eigenvalue weighted by atomic mass is 9.72. The van der Waals surface area contributed by atoms with Gasteiger partial charge in [0.2, 0.25) is 11.5 Å². The molecule has 1 aliphatic heterocycles. The SMILES string of the molecule is COC(=O)C1(c2ccccc2)CCN(C(=O)CC(O)(c2nc(C)cs2)C(F)(F)F)CC1. The number of alkyl halides is 3. The standard InChI is InChI=1S/C21H23F3N2O4S/c1-14-13-31-17(25-14)20(29,21(22,23)24)12-16(27)26-10-8-19(9-11-26,18(28)30-2)15-6-4-3-5-7-15/h3-7,13,29H,8-12H2,1-2H3. The van der Waals surface area contributed by atoms with Gasteiger partial charge in [-0.2, -0.15) is 13.2 Å². The highest BCUT2D eigenvalue weighted by Crippen LogP contribution is 2.44. The highest BCUT2D eigenvalue weighted by atomic mass is 32.1. The zero-order valence-corrected chi connectivity index (χ0v) is 17.9. The van der Waals surface area contributed by atoms with E-state index in [-0.39, 0.29) is 25.9 Å². The largest absolute Gasteiger partial charge is 0.468 e. The predicted molar refractivity (Wildman–Crippen MR) is 107 cm³/mol. The van der Waals surface area contributed by atoms with Crippen molar-refractivity contribution >= 4 is 23.2 Å². The maximum Gasteiger partial charge on any atom is 0.424 e. The molecule has 0 saturated carbocycles. The van der Waals surface area contributed by atoms with Crippen LogP contribution in [0.4, 0.5) is 13.2 Å². The minimum atomic E-state index is -5.07. The van der Waals surface area contributed by atoms with E-state index in [1.165, 1.54) is 24.3 Å². The van der Waals surface area contributed by atoms with Crippen LogP contribution in [0.2, 0.25) is 0 Å². The monoisotopic (exact) mass is 456 g/mol. The van der Waals surface area contributed by atoms with Gasteiger partial charge in [0.25, 0.3) is 0 Å². The average Bonchev–Trinajstić information content (AvgIpc) is 3.19. The minimum Gasteiger partial charge on any atom is -0.468 e. The first-order chi connectivity index (χ1) is 14.5. The van der Waals surface area contributed by atoms with E-state index in [4.69, 9.17) is 4.74 Å². The minimum absolute atomic E-state index is 0.0632. The molecule has 0 bridgehead atoms. The van der Waals surface area contributed by atoms with E-state index in [0.29, 0.717) is 17.0 Å². The number of aliphatic hydroxyl groups is 1. The van der Waals surface area contributed by atoms with Crippen molar-refractivity contribution < 1.29 is 32.6 Å². The van der Waals surface area contributed by atoms with Gasteiger partial charge in [-0.1, -0.05) is 30.3 Å². The molecular formula is C21H23F3N2O4S. The predicted octanol–water partition coefficient (Wildman–Crippen LogP) is 3.32. The van der Waals surface area contributed by atoms with Crippen molar-refractivity contribution in [2.45, 2.75) is 43.4 Å². The molecule has 3 rings (SSSR count). The van der Waals surface area contributed by atoms with Gasteiger partial charge in [0.05, 0.1) is 18.9 Å². The molecule has 0 radical (unpaired) electrons. The lowest BCUT2D eigenvalue weighted by molar-refractivity contribution is -0.268. The van der Waals surface area contributed by atoms with Crippen LogP contribution in [-0.4, -0.2) is 53.2 Å². The second kappa shape index (κ2) is 8.58. The third-order valence-corrected chi connectivity index (χ3v) is 6.83. The highest BCUT2D eigenvalue weighted by molar-refractivity contribution is 7.09. The van der Waals surface area contributed by atoms with E-state index in [0.717, 1.165) is 5.56 Å². The van der Waals surface area contributed by atoms with E-state index in [1.54, 1.807) is 24.3 Å². The van der Waals surface area contributed by atoms with E-state index in [9.17, 15) is 27.9 Å². The number of ether oxygens (including phenoxy) is 1. The van der Waals surface area contributed by atoms with Gasteiger partial charge in [0, 0.05) is 24.2 Å². The molecule has 168 valence electrons. The van der Waals surface area contributed by atoms with E-state index < -0.39 is 40.5 Å². The quantitative estimate of drug-likeness (QED) is 0.699. The molecule has 31 heavy (non-hydrogen) atoms. The van der Waals surface area contributed by atoms with Crippen molar-refractivity contribution in [1.82, 2.24) is 9.88 Å². The van der Waals surface area contributed by atoms with Crippen LogP contribution in [0, 0.1) is 6.92 Å².